The maximum atomic E-state index is 14.0. The van der Waals surface area contributed by atoms with Crippen LogP contribution in [0.15, 0.2) is 41.8 Å². The monoisotopic (exact) mass is 352 g/mol. The van der Waals surface area contributed by atoms with Crippen LogP contribution in [0.4, 0.5) is 14.5 Å². The average Bonchev–Trinajstić information content (AvgIpc) is 2.93. The summed E-state index contributed by atoms with van der Waals surface area (Å²) in [5, 5.41) is 10.0. The minimum absolute atomic E-state index is 0.0183. The summed E-state index contributed by atoms with van der Waals surface area (Å²) in [5.74, 6) is -1.63. The fourth-order valence-corrected chi connectivity index (χ4v) is 2.55. The van der Waals surface area contributed by atoms with Crippen LogP contribution in [0.1, 0.15) is 5.56 Å². The molecule has 3 rings (SSSR count). The average molecular weight is 353 g/mol. The minimum Gasteiger partial charge on any atom is -0.333 e. The Balaban J connectivity index is 1.85. The summed E-state index contributed by atoms with van der Waals surface area (Å²) in [6, 6.07) is 2.27. The van der Waals surface area contributed by atoms with E-state index >= 15 is 0 Å². The molecule has 0 bridgehead atoms. The van der Waals surface area contributed by atoms with Crippen LogP contribution in [0.3, 0.4) is 0 Å². The van der Waals surface area contributed by atoms with E-state index in [4.69, 9.17) is 17.3 Å². The number of hydrogen-bond acceptors (Lipinski definition) is 5. The number of hydrogen-bond donors (Lipinski definition) is 3. The van der Waals surface area contributed by atoms with Gasteiger partial charge < -0.3 is 16.4 Å². The second-order valence-corrected chi connectivity index (χ2v) is 5.86. The first-order chi connectivity index (χ1) is 11.4. The van der Waals surface area contributed by atoms with E-state index in [1.165, 1.54) is 6.07 Å². The van der Waals surface area contributed by atoms with E-state index in [2.05, 4.69) is 20.7 Å². The van der Waals surface area contributed by atoms with Crippen LogP contribution in [-0.2, 0) is 13.5 Å². The molecule has 1 aliphatic heterocycles. The molecule has 0 saturated carbocycles. The van der Waals surface area contributed by atoms with E-state index in [-0.39, 0.29) is 17.0 Å². The van der Waals surface area contributed by atoms with Crippen molar-refractivity contribution in [3.63, 3.8) is 0 Å². The second kappa shape index (κ2) is 6.21. The molecule has 6 nitrogen and oxygen atoms in total. The number of aromatic nitrogens is 2. The molecule has 4 N–H and O–H groups in total. The van der Waals surface area contributed by atoms with Gasteiger partial charge in [0.2, 0.25) is 5.96 Å². The smallest absolute Gasteiger partial charge is 0.202 e. The van der Waals surface area contributed by atoms with Gasteiger partial charge in [-0.2, -0.15) is 5.10 Å². The van der Waals surface area contributed by atoms with Gasteiger partial charge in [0.05, 0.1) is 11.9 Å². The Bertz CT molecular complexity index is 831. The number of nitrogens with one attached hydrogen (secondary N) is 2. The van der Waals surface area contributed by atoms with Crippen molar-refractivity contribution < 1.29 is 8.78 Å². The Morgan fingerprint density at radius 3 is 2.92 bits per heavy atom. The first kappa shape index (κ1) is 16.4. The third-order valence-corrected chi connectivity index (χ3v) is 3.83. The summed E-state index contributed by atoms with van der Waals surface area (Å²) in [6.45, 7) is 0. The number of rotatable bonds is 3. The summed E-state index contributed by atoms with van der Waals surface area (Å²) < 4.78 is 29.1. The molecule has 1 aliphatic rings. The lowest BCUT2D eigenvalue weighted by Crippen LogP contribution is -2.45. The molecule has 2 heterocycles. The SMILES string of the molecule is Cn1cc(NC2=NC(N)(Cc3c(Cl)ccc(F)c3F)C=CN2)cn1. The molecule has 9 heteroatoms. The first-order valence-corrected chi connectivity index (χ1v) is 7.45. The molecule has 0 fully saturated rings. The molecule has 1 aromatic heterocycles. The number of aliphatic imine (C=N–C) groups is 1. The molecule has 1 atom stereocenters. The molecule has 1 aromatic carbocycles. The fourth-order valence-electron chi connectivity index (χ4n) is 2.34. The zero-order valence-electron chi connectivity index (χ0n) is 12.7. The van der Waals surface area contributed by atoms with Crippen molar-refractivity contribution in [3.05, 3.63) is 59.0 Å². The Hall–Kier alpha value is -2.45. The quantitative estimate of drug-likeness (QED) is 0.739. The number of guanidine groups is 1. The molecule has 0 spiro atoms. The van der Waals surface area contributed by atoms with Crippen molar-refractivity contribution in [2.45, 2.75) is 12.1 Å². The van der Waals surface area contributed by atoms with Gasteiger partial charge in [0, 0.05) is 36.5 Å². The Labute approximate surface area is 142 Å². The van der Waals surface area contributed by atoms with Crippen LogP contribution in [0, 0.1) is 11.6 Å². The van der Waals surface area contributed by atoms with Crippen molar-refractivity contribution in [3.8, 4) is 0 Å². The van der Waals surface area contributed by atoms with Crippen LogP contribution < -0.4 is 16.4 Å². The standard InChI is InChI=1S/C15H15ClF2N6/c1-24-8-9(7-21-24)22-14-20-5-4-15(19,23-14)6-10-11(16)2-3-12(17)13(10)18/h2-5,7-8H,6,19H2,1H3,(H2,20,22,23). The Morgan fingerprint density at radius 1 is 1.42 bits per heavy atom. The minimum atomic E-state index is -1.27. The Morgan fingerprint density at radius 2 is 2.21 bits per heavy atom. The van der Waals surface area contributed by atoms with Crippen molar-refractivity contribution in [2.75, 3.05) is 5.32 Å². The number of nitrogens with zero attached hydrogens (tertiary/aromatic N) is 3. The number of benzene rings is 1. The molecule has 1 unspecified atom stereocenters. The van der Waals surface area contributed by atoms with E-state index in [9.17, 15) is 8.78 Å². The maximum Gasteiger partial charge on any atom is 0.202 e. The summed E-state index contributed by atoms with van der Waals surface area (Å²) in [5.41, 5.74) is 5.62. The van der Waals surface area contributed by atoms with Crippen LogP contribution >= 0.6 is 11.6 Å². The summed E-state index contributed by atoms with van der Waals surface area (Å²) >= 11 is 5.97. The van der Waals surface area contributed by atoms with Gasteiger partial charge >= 0.3 is 0 Å². The highest BCUT2D eigenvalue weighted by molar-refractivity contribution is 6.31. The zero-order chi connectivity index (χ0) is 17.3. The predicted molar refractivity (Wildman–Crippen MR) is 88.5 cm³/mol. The van der Waals surface area contributed by atoms with Gasteiger partial charge in [0.15, 0.2) is 11.6 Å². The number of halogens is 3. The van der Waals surface area contributed by atoms with Crippen molar-refractivity contribution in [1.29, 1.82) is 0 Å². The Kier molecular flexibility index (Phi) is 4.25. The number of anilines is 1. The predicted octanol–water partition coefficient (Wildman–Crippen LogP) is 2.13. The molecule has 2 aromatic rings. The molecule has 24 heavy (non-hydrogen) atoms. The van der Waals surface area contributed by atoms with E-state index < -0.39 is 17.3 Å². The van der Waals surface area contributed by atoms with Gasteiger partial charge in [-0.1, -0.05) is 11.6 Å². The molecule has 0 amide bonds. The van der Waals surface area contributed by atoms with Crippen LogP contribution in [0.25, 0.3) is 0 Å². The molecule has 0 radical (unpaired) electrons. The van der Waals surface area contributed by atoms with Crippen molar-refractivity contribution in [1.82, 2.24) is 15.1 Å². The van der Waals surface area contributed by atoms with Gasteiger partial charge in [-0.15, -0.1) is 0 Å². The van der Waals surface area contributed by atoms with Crippen LogP contribution in [0.2, 0.25) is 5.02 Å². The van der Waals surface area contributed by atoms with Gasteiger partial charge in [-0.05, 0) is 18.2 Å². The van der Waals surface area contributed by atoms with Crippen LogP contribution in [-0.4, -0.2) is 21.4 Å². The number of aryl methyl sites for hydroxylation is 1. The van der Waals surface area contributed by atoms with Crippen LogP contribution in [0.5, 0.6) is 0 Å². The van der Waals surface area contributed by atoms with E-state index in [1.807, 2.05) is 0 Å². The third-order valence-electron chi connectivity index (χ3n) is 3.48. The summed E-state index contributed by atoms with van der Waals surface area (Å²) in [6.07, 6.45) is 6.42. The van der Waals surface area contributed by atoms with Gasteiger partial charge in [-0.3, -0.25) is 4.68 Å². The normalized spacial score (nSPS) is 19.8. The lowest BCUT2D eigenvalue weighted by atomic mass is 9.99. The highest BCUT2D eigenvalue weighted by Gasteiger charge is 2.28. The van der Waals surface area contributed by atoms with E-state index in [1.54, 1.807) is 36.4 Å². The largest absolute Gasteiger partial charge is 0.333 e. The van der Waals surface area contributed by atoms with E-state index in [0.717, 1.165) is 6.07 Å². The fraction of sp³-hybridized carbons (Fsp3) is 0.200. The second-order valence-electron chi connectivity index (χ2n) is 5.46. The summed E-state index contributed by atoms with van der Waals surface area (Å²) in [7, 11) is 1.78. The third kappa shape index (κ3) is 3.39. The zero-order valence-corrected chi connectivity index (χ0v) is 13.5. The van der Waals surface area contributed by atoms with E-state index in [0.29, 0.717) is 11.6 Å². The van der Waals surface area contributed by atoms with Gasteiger partial charge in [-0.25, -0.2) is 13.8 Å². The summed E-state index contributed by atoms with van der Waals surface area (Å²) in [4.78, 5) is 4.33. The molecule has 0 saturated heterocycles. The first-order valence-electron chi connectivity index (χ1n) is 7.07. The highest BCUT2D eigenvalue weighted by Crippen LogP contribution is 2.27. The van der Waals surface area contributed by atoms with Gasteiger partial charge in [0.25, 0.3) is 0 Å². The highest BCUT2D eigenvalue weighted by atomic mass is 35.5. The van der Waals surface area contributed by atoms with Crippen molar-refractivity contribution in [2.24, 2.45) is 17.8 Å². The molecule has 0 aliphatic carbocycles. The van der Waals surface area contributed by atoms with Gasteiger partial charge in [0.1, 0.15) is 5.66 Å². The number of nitrogens with two attached hydrogens (primary N) is 1. The molecular weight excluding hydrogens is 338 g/mol. The topological polar surface area (TPSA) is 80.3 Å². The lowest BCUT2D eigenvalue weighted by molar-refractivity contribution is 0.476. The molecule has 126 valence electrons. The molecular formula is C15H15ClF2N6. The lowest BCUT2D eigenvalue weighted by Gasteiger charge is -2.27. The maximum absolute atomic E-state index is 14.0. The van der Waals surface area contributed by atoms with Crippen molar-refractivity contribution >= 4 is 23.2 Å².